The van der Waals surface area contributed by atoms with Crippen molar-refractivity contribution in [1.29, 1.82) is 0 Å². The van der Waals surface area contributed by atoms with Crippen molar-refractivity contribution in [3.05, 3.63) is 11.8 Å². The van der Waals surface area contributed by atoms with Gasteiger partial charge in [0.15, 0.2) is 5.82 Å². The van der Waals surface area contributed by atoms with Crippen LogP contribution < -0.4 is 5.32 Å². The zero-order valence-electron chi connectivity index (χ0n) is 11.1. The van der Waals surface area contributed by atoms with Crippen LogP contribution in [0.1, 0.15) is 33.0 Å². The molecule has 0 unspecified atom stereocenters. The number of hydrogen-bond acceptors (Lipinski definition) is 4. The van der Waals surface area contributed by atoms with Gasteiger partial charge in [-0.2, -0.15) is 0 Å². The molecule has 0 saturated carbocycles. The fourth-order valence-electron chi connectivity index (χ4n) is 1.79. The normalized spacial score (nSPS) is 18.9. The molecular weight excluding hydrogens is 250 g/mol. The van der Waals surface area contributed by atoms with E-state index < -0.39 is 12.1 Å². The van der Waals surface area contributed by atoms with Crippen molar-refractivity contribution in [2.45, 2.75) is 38.6 Å². The molecule has 2 rings (SSSR count). The van der Waals surface area contributed by atoms with Crippen LogP contribution in [0.5, 0.6) is 0 Å². The Bertz CT molecular complexity index is 503. The molecule has 7 nitrogen and oxygen atoms in total. The standard InChI is InChI=1S/C12H17N3O4/c1-12(2,3)8-6-9(14-19-8)13-10(16)7-4-5-15(7)11(17)18/h6-7H,4-5H2,1-3H3,(H,17,18)(H,13,14,16)/t7-/m0/s1. The van der Waals surface area contributed by atoms with Crippen molar-refractivity contribution in [2.24, 2.45) is 0 Å². The number of carbonyl (C=O) groups is 2. The van der Waals surface area contributed by atoms with Crippen molar-refractivity contribution in [1.82, 2.24) is 10.1 Å². The van der Waals surface area contributed by atoms with Gasteiger partial charge in [-0.25, -0.2) is 4.79 Å². The average Bonchev–Trinajstić information content (AvgIpc) is 2.62. The number of amides is 2. The smallest absolute Gasteiger partial charge is 0.407 e. The molecule has 2 heterocycles. The van der Waals surface area contributed by atoms with Gasteiger partial charge in [0.1, 0.15) is 11.8 Å². The van der Waals surface area contributed by atoms with Gasteiger partial charge in [-0.3, -0.25) is 9.69 Å². The number of likely N-dealkylation sites (tertiary alicyclic amines) is 1. The second-order valence-corrected chi connectivity index (χ2v) is 5.60. The van der Waals surface area contributed by atoms with Crippen LogP contribution >= 0.6 is 0 Å². The van der Waals surface area contributed by atoms with E-state index in [0.29, 0.717) is 24.5 Å². The zero-order chi connectivity index (χ0) is 14.2. The third-order valence-electron chi connectivity index (χ3n) is 3.07. The maximum absolute atomic E-state index is 11.9. The first-order valence-electron chi connectivity index (χ1n) is 6.06. The highest BCUT2D eigenvalue weighted by Gasteiger charge is 2.38. The highest BCUT2D eigenvalue weighted by atomic mass is 16.5. The van der Waals surface area contributed by atoms with Gasteiger partial charge in [0.05, 0.1) is 0 Å². The number of anilines is 1. The van der Waals surface area contributed by atoms with E-state index in [1.807, 2.05) is 20.8 Å². The highest BCUT2D eigenvalue weighted by Crippen LogP contribution is 2.25. The topological polar surface area (TPSA) is 95.7 Å². The highest BCUT2D eigenvalue weighted by molar-refractivity contribution is 5.96. The van der Waals surface area contributed by atoms with Crippen LogP contribution in [0.3, 0.4) is 0 Å². The quantitative estimate of drug-likeness (QED) is 0.849. The Kier molecular flexibility index (Phi) is 3.21. The summed E-state index contributed by atoms with van der Waals surface area (Å²) in [6.07, 6.45) is -0.552. The van der Waals surface area contributed by atoms with E-state index in [1.165, 1.54) is 0 Å². The molecule has 7 heteroatoms. The van der Waals surface area contributed by atoms with Crippen molar-refractivity contribution in [3.8, 4) is 0 Å². The third-order valence-corrected chi connectivity index (χ3v) is 3.07. The SMILES string of the molecule is CC(C)(C)c1cc(NC(=O)[C@@H]2CCN2C(=O)O)no1. The molecular formula is C12H17N3O4. The minimum Gasteiger partial charge on any atom is -0.465 e. The minimum absolute atomic E-state index is 0.195. The van der Waals surface area contributed by atoms with E-state index in [9.17, 15) is 9.59 Å². The average molecular weight is 267 g/mol. The van der Waals surface area contributed by atoms with E-state index in [-0.39, 0.29) is 11.3 Å². The van der Waals surface area contributed by atoms with Crippen molar-refractivity contribution >= 4 is 17.8 Å². The molecule has 0 radical (unpaired) electrons. The lowest BCUT2D eigenvalue weighted by Crippen LogP contribution is -2.56. The summed E-state index contributed by atoms with van der Waals surface area (Å²) in [5.74, 6) is 0.598. The summed E-state index contributed by atoms with van der Waals surface area (Å²) in [5.41, 5.74) is -0.195. The van der Waals surface area contributed by atoms with Crippen LogP contribution in [-0.4, -0.2) is 39.8 Å². The molecule has 1 atom stereocenters. The van der Waals surface area contributed by atoms with Crippen LogP contribution in [0.25, 0.3) is 0 Å². The number of aromatic nitrogens is 1. The molecule has 0 spiro atoms. The molecule has 1 aromatic rings. The molecule has 1 saturated heterocycles. The molecule has 0 aromatic carbocycles. The fourth-order valence-corrected chi connectivity index (χ4v) is 1.79. The van der Waals surface area contributed by atoms with Gasteiger partial charge >= 0.3 is 6.09 Å². The van der Waals surface area contributed by atoms with Gasteiger partial charge < -0.3 is 14.9 Å². The number of nitrogens with zero attached hydrogens (tertiary/aromatic N) is 2. The monoisotopic (exact) mass is 267 g/mol. The van der Waals surface area contributed by atoms with Crippen molar-refractivity contribution in [3.63, 3.8) is 0 Å². The first kappa shape index (κ1) is 13.4. The van der Waals surface area contributed by atoms with Crippen molar-refractivity contribution < 1.29 is 19.2 Å². The lowest BCUT2D eigenvalue weighted by Gasteiger charge is -2.36. The summed E-state index contributed by atoms with van der Waals surface area (Å²) in [6, 6.07) is 1.02. The summed E-state index contributed by atoms with van der Waals surface area (Å²) in [6.45, 7) is 6.30. The Hall–Kier alpha value is -2.05. The zero-order valence-corrected chi connectivity index (χ0v) is 11.1. The number of carboxylic acid groups (broad SMARTS) is 1. The van der Waals surface area contributed by atoms with Gasteiger partial charge in [-0.15, -0.1) is 0 Å². The largest absolute Gasteiger partial charge is 0.465 e. The first-order chi connectivity index (χ1) is 8.79. The maximum Gasteiger partial charge on any atom is 0.407 e. The van der Waals surface area contributed by atoms with Gasteiger partial charge in [-0.1, -0.05) is 25.9 Å². The minimum atomic E-state index is -1.08. The lowest BCUT2D eigenvalue weighted by molar-refractivity contribution is -0.124. The molecule has 1 aliphatic rings. The summed E-state index contributed by atoms with van der Waals surface area (Å²) >= 11 is 0. The van der Waals surface area contributed by atoms with E-state index in [1.54, 1.807) is 6.07 Å². The summed E-state index contributed by atoms with van der Waals surface area (Å²) in [5, 5.41) is 15.2. The molecule has 2 N–H and O–H groups in total. The summed E-state index contributed by atoms with van der Waals surface area (Å²) < 4.78 is 5.14. The van der Waals surface area contributed by atoms with E-state index in [2.05, 4.69) is 10.5 Å². The van der Waals surface area contributed by atoms with Gasteiger partial charge in [0.2, 0.25) is 5.91 Å². The fraction of sp³-hybridized carbons (Fsp3) is 0.583. The number of hydrogen-bond donors (Lipinski definition) is 2. The van der Waals surface area contributed by atoms with Crippen LogP contribution in [0.15, 0.2) is 10.6 Å². The van der Waals surface area contributed by atoms with Gasteiger partial charge in [-0.05, 0) is 6.42 Å². The molecule has 19 heavy (non-hydrogen) atoms. The Balaban J connectivity index is 2.00. The second kappa shape index (κ2) is 4.56. The first-order valence-corrected chi connectivity index (χ1v) is 6.06. The molecule has 1 aliphatic heterocycles. The predicted molar refractivity (Wildman–Crippen MR) is 67.0 cm³/mol. The molecule has 0 bridgehead atoms. The Morgan fingerprint density at radius 2 is 2.21 bits per heavy atom. The molecule has 2 amide bonds. The number of carbonyl (C=O) groups excluding carboxylic acids is 1. The second-order valence-electron chi connectivity index (χ2n) is 5.60. The van der Waals surface area contributed by atoms with Crippen LogP contribution in [0, 0.1) is 0 Å². The summed E-state index contributed by atoms with van der Waals surface area (Å²) in [7, 11) is 0. The predicted octanol–water partition coefficient (Wildman–Crippen LogP) is 1.66. The van der Waals surface area contributed by atoms with Crippen molar-refractivity contribution in [2.75, 3.05) is 11.9 Å². The Morgan fingerprint density at radius 3 is 2.63 bits per heavy atom. The number of nitrogens with one attached hydrogen (secondary N) is 1. The summed E-state index contributed by atoms with van der Waals surface area (Å²) in [4.78, 5) is 23.8. The maximum atomic E-state index is 11.9. The Labute approximate surface area is 110 Å². The molecule has 104 valence electrons. The molecule has 1 fully saturated rings. The van der Waals surface area contributed by atoms with E-state index in [0.717, 1.165) is 4.90 Å². The molecule has 0 aliphatic carbocycles. The lowest BCUT2D eigenvalue weighted by atomic mass is 9.93. The molecule has 1 aromatic heterocycles. The van der Waals surface area contributed by atoms with Crippen LogP contribution in [0.2, 0.25) is 0 Å². The van der Waals surface area contributed by atoms with Gasteiger partial charge in [0, 0.05) is 18.0 Å². The number of rotatable bonds is 2. The Morgan fingerprint density at radius 1 is 1.53 bits per heavy atom. The van der Waals surface area contributed by atoms with E-state index in [4.69, 9.17) is 9.63 Å². The van der Waals surface area contributed by atoms with Crippen LogP contribution in [0.4, 0.5) is 10.6 Å². The van der Waals surface area contributed by atoms with Gasteiger partial charge in [0.25, 0.3) is 0 Å². The third kappa shape index (κ3) is 2.69. The van der Waals surface area contributed by atoms with E-state index >= 15 is 0 Å². The van der Waals surface area contributed by atoms with Crippen LogP contribution in [-0.2, 0) is 10.2 Å².